The number of carbonyl (C=O) groups excluding carboxylic acids is 1. The number of carbonyl (C=O) groups is 1. The molecule has 2 aromatic rings. The molecule has 10 nitrogen and oxygen atoms in total. The van der Waals surface area contributed by atoms with Gasteiger partial charge in [-0.2, -0.15) is 0 Å². The van der Waals surface area contributed by atoms with Crippen LogP contribution in [0.4, 0.5) is 5.69 Å². The van der Waals surface area contributed by atoms with Crippen LogP contribution in [-0.4, -0.2) is 97.5 Å². The van der Waals surface area contributed by atoms with Gasteiger partial charge in [-0.15, -0.1) is 0 Å². The molecule has 3 aliphatic heterocycles. The van der Waals surface area contributed by atoms with Crippen molar-refractivity contribution in [2.45, 2.75) is 87.7 Å². The van der Waals surface area contributed by atoms with E-state index in [-0.39, 0.29) is 36.2 Å². The summed E-state index contributed by atoms with van der Waals surface area (Å²) >= 11 is 6.49. The first-order chi connectivity index (χ1) is 25.0. The third-order valence-electron chi connectivity index (χ3n) is 12.8. The lowest BCUT2D eigenvalue weighted by Crippen LogP contribution is -2.52. The molecule has 1 saturated carbocycles. The van der Waals surface area contributed by atoms with Crippen molar-refractivity contribution in [1.82, 2.24) is 9.62 Å². The van der Waals surface area contributed by atoms with Crippen molar-refractivity contribution in [3.8, 4) is 5.75 Å². The lowest BCUT2D eigenvalue weighted by atomic mass is 9.64. The van der Waals surface area contributed by atoms with Gasteiger partial charge in [0.15, 0.2) is 6.29 Å². The fourth-order valence-electron chi connectivity index (χ4n) is 9.63. The summed E-state index contributed by atoms with van der Waals surface area (Å²) in [5.41, 5.74) is 3.43. The summed E-state index contributed by atoms with van der Waals surface area (Å²) in [6.45, 7) is 5.56. The molecule has 1 amide bonds. The van der Waals surface area contributed by atoms with Crippen LogP contribution in [-0.2, 0) is 36.1 Å². The van der Waals surface area contributed by atoms with Gasteiger partial charge in [0.05, 0.1) is 36.8 Å². The van der Waals surface area contributed by atoms with Crippen molar-refractivity contribution < 1.29 is 32.2 Å². The van der Waals surface area contributed by atoms with E-state index in [0.29, 0.717) is 55.8 Å². The van der Waals surface area contributed by atoms with Gasteiger partial charge in [-0.25, -0.2) is 13.1 Å². The Morgan fingerprint density at radius 3 is 2.58 bits per heavy atom. The predicted molar refractivity (Wildman–Crippen MR) is 203 cm³/mol. The van der Waals surface area contributed by atoms with E-state index < -0.39 is 21.2 Å². The summed E-state index contributed by atoms with van der Waals surface area (Å²) < 4.78 is 55.4. The second kappa shape index (κ2) is 15.7. The van der Waals surface area contributed by atoms with E-state index in [4.69, 9.17) is 30.5 Å². The summed E-state index contributed by atoms with van der Waals surface area (Å²) in [6, 6.07) is 11.9. The highest BCUT2D eigenvalue weighted by Crippen LogP contribution is 2.49. The van der Waals surface area contributed by atoms with Crippen molar-refractivity contribution >= 4 is 33.2 Å². The normalized spacial score (nSPS) is 33.6. The minimum Gasteiger partial charge on any atom is -0.490 e. The van der Waals surface area contributed by atoms with E-state index in [1.807, 2.05) is 25.1 Å². The molecule has 286 valence electrons. The summed E-state index contributed by atoms with van der Waals surface area (Å²) in [4.78, 5) is 18.4. The molecule has 1 saturated heterocycles. The van der Waals surface area contributed by atoms with Crippen molar-refractivity contribution in [3.63, 3.8) is 0 Å². The van der Waals surface area contributed by atoms with E-state index in [2.05, 4.69) is 40.7 Å². The first-order valence-corrected chi connectivity index (χ1v) is 21.2. The molecular weight excluding hydrogens is 702 g/mol. The van der Waals surface area contributed by atoms with Gasteiger partial charge >= 0.3 is 0 Å². The van der Waals surface area contributed by atoms with Crippen LogP contribution in [0.3, 0.4) is 0 Å². The highest BCUT2D eigenvalue weighted by Gasteiger charge is 2.47. The maximum atomic E-state index is 13.9. The van der Waals surface area contributed by atoms with Crippen LogP contribution in [0, 0.1) is 23.7 Å². The Bertz CT molecular complexity index is 1700. The van der Waals surface area contributed by atoms with Gasteiger partial charge in [-0.1, -0.05) is 31.0 Å². The Balaban J connectivity index is 1.27. The van der Waals surface area contributed by atoms with Gasteiger partial charge in [0.2, 0.25) is 10.0 Å². The number of likely N-dealkylation sites (N-methyl/N-ethyl adjacent to an activating group) is 1. The number of methoxy groups -OCH3 is 1. The fraction of sp³-hybridized carbons (Fsp3) is 0.675. The van der Waals surface area contributed by atoms with Crippen LogP contribution in [0.15, 0.2) is 36.4 Å². The summed E-state index contributed by atoms with van der Waals surface area (Å²) in [5.74, 6) is 0.896. The third kappa shape index (κ3) is 7.73. The number of hydrogen-bond acceptors (Lipinski definition) is 9. The minimum absolute atomic E-state index is 0.183. The van der Waals surface area contributed by atoms with Crippen molar-refractivity contribution in [2.75, 3.05) is 65.6 Å². The van der Waals surface area contributed by atoms with Gasteiger partial charge in [-0.05, 0) is 125 Å². The summed E-state index contributed by atoms with van der Waals surface area (Å²) in [7, 11) is 1.68. The molecule has 7 rings (SSSR count). The number of halogens is 1. The van der Waals surface area contributed by atoms with Crippen molar-refractivity contribution in [1.29, 1.82) is 0 Å². The van der Waals surface area contributed by atoms with Crippen molar-refractivity contribution in [2.24, 2.45) is 23.7 Å². The molecule has 3 heterocycles. The number of amides is 1. The van der Waals surface area contributed by atoms with Gasteiger partial charge < -0.3 is 28.7 Å². The number of nitrogens with zero attached hydrogens (tertiary/aromatic N) is 2. The number of benzene rings is 2. The maximum Gasteiger partial charge on any atom is 0.264 e. The molecule has 1 N–H and O–H groups in total. The molecule has 6 atom stereocenters. The van der Waals surface area contributed by atoms with Gasteiger partial charge in [0.1, 0.15) is 5.75 Å². The van der Waals surface area contributed by atoms with Crippen LogP contribution in [0.2, 0.25) is 5.02 Å². The SMILES string of the molecule is COCCC1C(C)CCCC(C2OCC(N(C)C)CO2)C2CC[C@H]2CN2CC3(CCCc4cc(Cl)ccc43)COc3ccc(cc32)C(=O)NS1(=O)=O. The quantitative estimate of drug-likeness (QED) is 0.391. The highest BCUT2D eigenvalue weighted by atomic mass is 35.5. The number of aryl methyl sites for hydroxylation is 1. The molecule has 0 aromatic heterocycles. The number of ether oxygens (including phenoxy) is 4. The Kier molecular flexibility index (Phi) is 11.5. The monoisotopic (exact) mass is 757 g/mol. The number of nitrogens with one attached hydrogen (secondary N) is 1. The van der Waals surface area contributed by atoms with E-state index in [1.165, 1.54) is 11.1 Å². The van der Waals surface area contributed by atoms with Crippen LogP contribution >= 0.6 is 11.6 Å². The molecule has 1 spiro atoms. The highest BCUT2D eigenvalue weighted by molar-refractivity contribution is 7.90. The average Bonchev–Trinajstić information content (AvgIpc) is 3.25. The molecule has 12 heteroatoms. The zero-order valence-corrected chi connectivity index (χ0v) is 32.7. The van der Waals surface area contributed by atoms with E-state index >= 15 is 0 Å². The molecule has 52 heavy (non-hydrogen) atoms. The predicted octanol–water partition coefficient (Wildman–Crippen LogP) is 6.04. The molecule has 2 aliphatic carbocycles. The maximum absolute atomic E-state index is 13.9. The second-order valence-corrected chi connectivity index (χ2v) is 18.6. The second-order valence-electron chi connectivity index (χ2n) is 16.3. The minimum atomic E-state index is -4.02. The lowest BCUT2D eigenvalue weighted by Gasteiger charge is -2.49. The molecule has 0 radical (unpaired) electrons. The average molecular weight is 758 g/mol. The van der Waals surface area contributed by atoms with Crippen LogP contribution in [0.1, 0.15) is 79.8 Å². The zero-order chi connectivity index (χ0) is 36.6. The number of hydrogen-bond donors (Lipinski definition) is 1. The van der Waals surface area contributed by atoms with Gasteiger partial charge in [0.25, 0.3) is 5.91 Å². The summed E-state index contributed by atoms with van der Waals surface area (Å²) in [5, 5.41) is -0.0295. The number of sulfonamides is 1. The van der Waals surface area contributed by atoms with Gasteiger partial charge in [-0.3, -0.25) is 4.79 Å². The Labute approximate surface area is 314 Å². The molecule has 2 bridgehead atoms. The van der Waals surface area contributed by atoms with E-state index in [1.54, 1.807) is 13.2 Å². The van der Waals surface area contributed by atoms with Crippen LogP contribution < -0.4 is 14.4 Å². The topological polar surface area (TPSA) is 107 Å². The molecule has 2 fully saturated rings. The Morgan fingerprint density at radius 1 is 1.04 bits per heavy atom. The van der Waals surface area contributed by atoms with E-state index in [9.17, 15) is 13.2 Å². The standard InChI is InChI=1S/C40H56ClN3O7S/c1-26-7-5-9-33(39-49-22-31(23-50-39)43(2)3)32-13-10-29(32)21-44-24-40(17-6-8-27-19-30(41)12-14-34(27)40)25-51-36-15-11-28(20-35(36)44)38(45)42-52(46,47)37(26)16-18-48-4/h11-12,14-15,19-20,26,29,31-33,37,39H,5-10,13,16-18,21-25H2,1-4H3,(H,42,45)/t26?,29-,31?,32?,33?,37?,39?,40?/m0/s1. The van der Waals surface area contributed by atoms with Gasteiger partial charge in [0, 0.05) is 48.7 Å². The molecule has 5 aliphatic rings. The fourth-order valence-corrected chi connectivity index (χ4v) is 11.5. The first-order valence-electron chi connectivity index (χ1n) is 19.2. The molecular formula is C40H56ClN3O7S. The summed E-state index contributed by atoms with van der Waals surface area (Å²) in [6.07, 6.45) is 7.64. The van der Waals surface area contributed by atoms with Crippen LogP contribution in [0.5, 0.6) is 5.75 Å². The number of fused-ring (bicyclic) bond motifs is 4. The zero-order valence-electron chi connectivity index (χ0n) is 31.2. The largest absolute Gasteiger partial charge is 0.490 e. The number of rotatable bonds is 5. The Hall–Kier alpha value is -2.41. The smallest absolute Gasteiger partial charge is 0.264 e. The molecule has 2 aromatic carbocycles. The van der Waals surface area contributed by atoms with Crippen LogP contribution in [0.25, 0.3) is 0 Å². The van der Waals surface area contributed by atoms with Crippen molar-refractivity contribution in [3.05, 3.63) is 58.1 Å². The Morgan fingerprint density at radius 2 is 1.85 bits per heavy atom. The van der Waals surface area contributed by atoms with E-state index in [0.717, 1.165) is 68.7 Å². The number of anilines is 1. The lowest BCUT2D eigenvalue weighted by molar-refractivity contribution is -0.240. The third-order valence-corrected chi connectivity index (χ3v) is 15.0. The molecule has 5 unspecified atom stereocenters. The first kappa shape index (κ1) is 37.9.